The van der Waals surface area contributed by atoms with Crippen molar-refractivity contribution < 1.29 is 9.59 Å². The van der Waals surface area contributed by atoms with E-state index in [9.17, 15) is 0 Å². The molecule has 0 rings (SSSR count). The van der Waals surface area contributed by atoms with E-state index in [2.05, 4.69) is 26.5 Å². The fourth-order valence-corrected chi connectivity index (χ4v) is 1.17. The molecule has 0 unspecified atom stereocenters. The number of unbranched alkanes of at least 4 members (excludes halogenated alkanes) is 1. The highest BCUT2D eigenvalue weighted by Gasteiger charge is 2.04. The summed E-state index contributed by atoms with van der Waals surface area (Å²) in [6.45, 7) is 3.67. The third-order valence-electron chi connectivity index (χ3n) is 1.94. The molecule has 0 heterocycles. The van der Waals surface area contributed by atoms with Crippen molar-refractivity contribution in [2.75, 3.05) is 47.4 Å². The highest BCUT2D eigenvalue weighted by molar-refractivity contribution is 4.47. The van der Waals surface area contributed by atoms with Crippen LogP contribution in [0.5, 0.6) is 0 Å². The van der Waals surface area contributed by atoms with Crippen molar-refractivity contribution in [2.45, 2.75) is 19.3 Å². The Hall–Kier alpha value is -0.120. The van der Waals surface area contributed by atoms with Crippen molar-refractivity contribution in [3.05, 3.63) is 0 Å². The van der Waals surface area contributed by atoms with Gasteiger partial charge in [0.05, 0.1) is 27.7 Å². The topological polar surface area (TPSA) is 32.3 Å². The first-order chi connectivity index (χ1) is 6.06. The Morgan fingerprint density at radius 2 is 1.62 bits per heavy atom. The molecule has 3 heteroatoms. The zero-order valence-electron chi connectivity index (χ0n) is 9.34. The lowest BCUT2D eigenvalue weighted by molar-refractivity contribution is -0.870. The van der Waals surface area contributed by atoms with Crippen LogP contribution >= 0.6 is 0 Å². The lowest BCUT2D eigenvalue weighted by atomic mass is 10.3. The molecule has 0 atom stereocenters. The minimum atomic E-state index is 0.320. The minimum absolute atomic E-state index is 0.320. The van der Waals surface area contributed by atoms with Crippen molar-refractivity contribution in [2.24, 2.45) is 0 Å². The predicted molar refractivity (Wildman–Crippen MR) is 56.7 cm³/mol. The second-order valence-electron chi connectivity index (χ2n) is 4.55. The molecule has 0 aromatic heterocycles. The van der Waals surface area contributed by atoms with Gasteiger partial charge >= 0.3 is 0 Å². The number of nitrogens with zero attached hydrogens (tertiary/aromatic N) is 1. The van der Waals surface area contributed by atoms with Crippen LogP contribution < -0.4 is 5.32 Å². The van der Waals surface area contributed by atoms with E-state index in [1.807, 2.05) is 0 Å². The summed E-state index contributed by atoms with van der Waals surface area (Å²) in [5.41, 5.74) is 0. The second-order valence-corrected chi connectivity index (χ2v) is 4.55. The molecule has 3 nitrogen and oxygen atoms in total. The highest BCUT2D eigenvalue weighted by atomic mass is 16.2. The van der Waals surface area contributed by atoms with E-state index >= 15 is 0 Å². The number of rotatable bonds is 8. The Morgan fingerprint density at radius 3 is 2.15 bits per heavy atom. The van der Waals surface area contributed by atoms with Gasteiger partial charge in [-0.25, -0.2) is 0 Å². The van der Waals surface area contributed by atoms with Gasteiger partial charge < -0.3 is 14.9 Å². The quantitative estimate of drug-likeness (QED) is 0.429. The van der Waals surface area contributed by atoms with Crippen molar-refractivity contribution in [3.8, 4) is 0 Å². The molecule has 0 spiro atoms. The molecule has 0 radical (unpaired) electrons. The monoisotopic (exact) mass is 189 g/mol. The van der Waals surface area contributed by atoms with Gasteiger partial charge in [-0.2, -0.15) is 0 Å². The summed E-state index contributed by atoms with van der Waals surface area (Å²) in [6, 6.07) is 0. The van der Waals surface area contributed by atoms with Gasteiger partial charge in [-0.3, -0.25) is 0 Å². The maximum Gasteiger partial charge on any atom is 0.0792 e. The average molecular weight is 189 g/mol. The molecule has 0 aliphatic rings. The Balaban J connectivity index is 3.00. The maximum absolute atomic E-state index is 8.55. The normalized spacial score (nSPS) is 12.0. The summed E-state index contributed by atoms with van der Waals surface area (Å²) in [6.07, 6.45) is 3.23. The lowest BCUT2D eigenvalue weighted by Crippen LogP contribution is -2.36. The third kappa shape index (κ3) is 11.9. The van der Waals surface area contributed by atoms with Gasteiger partial charge in [0.1, 0.15) is 0 Å². The van der Waals surface area contributed by atoms with Crippen LogP contribution in [0.15, 0.2) is 0 Å². The van der Waals surface area contributed by atoms with E-state index in [0.717, 1.165) is 30.4 Å². The van der Waals surface area contributed by atoms with Gasteiger partial charge in [-0.15, -0.1) is 0 Å². The summed E-state index contributed by atoms with van der Waals surface area (Å²) in [4.78, 5) is 0. The predicted octanol–water partition coefficient (Wildman–Crippen LogP) is 0.445. The zero-order valence-corrected chi connectivity index (χ0v) is 9.34. The minimum Gasteiger partial charge on any atom is -0.396 e. The Labute approximate surface area is 82.3 Å². The number of aliphatic hydroxyl groups is 1. The summed E-state index contributed by atoms with van der Waals surface area (Å²) >= 11 is 0. The summed E-state index contributed by atoms with van der Waals surface area (Å²) < 4.78 is 1.04. The van der Waals surface area contributed by atoms with Gasteiger partial charge in [0, 0.05) is 19.6 Å². The van der Waals surface area contributed by atoms with Crippen LogP contribution in [-0.4, -0.2) is 57.0 Å². The number of aliphatic hydroxyl groups excluding tert-OH is 1. The third-order valence-corrected chi connectivity index (χ3v) is 1.94. The first-order valence-electron chi connectivity index (χ1n) is 5.18. The standard InChI is InChI=1S/C10H25N2O/c1-12(2,3)9-6-8-11-7-4-5-10-13/h11,13H,4-10H2,1-3H3/q+1. The molecular formula is C10H25N2O+. The van der Waals surface area contributed by atoms with Crippen LogP contribution in [0.25, 0.3) is 0 Å². The first kappa shape index (κ1) is 12.9. The van der Waals surface area contributed by atoms with Gasteiger partial charge in [0.15, 0.2) is 0 Å². The smallest absolute Gasteiger partial charge is 0.0792 e. The molecule has 0 fully saturated rings. The molecule has 0 aliphatic heterocycles. The van der Waals surface area contributed by atoms with Gasteiger partial charge in [0.25, 0.3) is 0 Å². The van der Waals surface area contributed by atoms with E-state index in [1.165, 1.54) is 13.0 Å². The van der Waals surface area contributed by atoms with E-state index in [4.69, 9.17) is 5.11 Å². The highest BCUT2D eigenvalue weighted by Crippen LogP contribution is 1.92. The van der Waals surface area contributed by atoms with Crippen LogP contribution in [0.4, 0.5) is 0 Å². The Kier molecular flexibility index (Phi) is 7.23. The molecule has 2 N–H and O–H groups in total. The fraction of sp³-hybridized carbons (Fsp3) is 1.00. The molecule has 0 saturated carbocycles. The summed E-state index contributed by atoms with van der Waals surface area (Å²) in [5.74, 6) is 0. The van der Waals surface area contributed by atoms with E-state index in [0.29, 0.717) is 6.61 Å². The van der Waals surface area contributed by atoms with Crippen molar-refractivity contribution >= 4 is 0 Å². The second kappa shape index (κ2) is 7.30. The number of hydrogen-bond acceptors (Lipinski definition) is 2. The number of nitrogens with one attached hydrogen (secondary N) is 1. The number of quaternary nitrogens is 1. The lowest BCUT2D eigenvalue weighted by Gasteiger charge is -2.23. The van der Waals surface area contributed by atoms with Crippen molar-refractivity contribution in [1.29, 1.82) is 0 Å². The largest absolute Gasteiger partial charge is 0.396 e. The molecule has 0 saturated heterocycles. The Morgan fingerprint density at radius 1 is 1.00 bits per heavy atom. The van der Waals surface area contributed by atoms with E-state index in [-0.39, 0.29) is 0 Å². The van der Waals surface area contributed by atoms with Gasteiger partial charge in [-0.1, -0.05) is 0 Å². The molecule has 0 bridgehead atoms. The molecule has 80 valence electrons. The molecule has 0 aliphatic carbocycles. The molecule has 13 heavy (non-hydrogen) atoms. The zero-order chi connectivity index (χ0) is 10.2. The first-order valence-corrected chi connectivity index (χ1v) is 5.18. The van der Waals surface area contributed by atoms with E-state index in [1.54, 1.807) is 0 Å². The Bertz CT molecular complexity index is 110. The van der Waals surface area contributed by atoms with Crippen LogP contribution in [0.1, 0.15) is 19.3 Å². The van der Waals surface area contributed by atoms with Crippen LogP contribution in [-0.2, 0) is 0 Å². The summed E-state index contributed by atoms with van der Waals surface area (Å²) in [7, 11) is 6.64. The average Bonchev–Trinajstić information content (AvgIpc) is 2.01. The fourth-order valence-electron chi connectivity index (χ4n) is 1.17. The van der Waals surface area contributed by atoms with Crippen LogP contribution in [0.2, 0.25) is 0 Å². The summed E-state index contributed by atoms with van der Waals surface area (Å²) in [5, 5.41) is 11.9. The number of hydrogen-bond donors (Lipinski definition) is 2. The van der Waals surface area contributed by atoms with Crippen LogP contribution in [0.3, 0.4) is 0 Å². The van der Waals surface area contributed by atoms with E-state index < -0.39 is 0 Å². The van der Waals surface area contributed by atoms with Gasteiger partial charge in [0.2, 0.25) is 0 Å². The SMILES string of the molecule is C[N+](C)(C)CCCNCCCCO. The maximum atomic E-state index is 8.55. The molecular weight excluding hydrogens is 164 g/mol. The van der Waals surface area contributed by atoms with Crippen molar-refractivity contribution in [3.63, 3.8) is 0 Å². The molecule has 0 aromatic carbocycles. The molecule has 0 aromatic rings. The molecule has 0 amide bonds. The van der Waals surface area contributed by atoms with Crippen molar-refractivity contribution in [1.82, 2.24) is 5.32 Å². The van der Waals surface area contributed by atoms with Crippen LogP contribution in [0, 0.1) is 0 Å². The van der Waals surface area contributed by atoms with Gasteiger partial charge in [-0.05, 0) is 19.4 Å².